The van der Waals surface area contributed by atoms with Crippen molar-refractivity contribution in [1.29, 1.82) is 0 Å². The molecule has 0 aliphatic heterocycles. The molecule has 0 amide bonds. The average molecular weight is 373 g/mol. The maximum Gasteiger partial charge on any atom is 0.192 e. The van der Waals surface area contributed by atoms with Gasteiger partial charge in [0, 0.05) is 10.4 Å². The molecule has 0 bridgehead atoms. The molecule has 0 spiro atoms. The van der Waals surface area contributed by atoms with Gasteiger partial charge in [-0.05, 0) is 48.5 Å². The van der Waals surface area contributed by atoms with Crippen LogP contribution in [-0.4, -0.2) is 18.1 Å². The lowest BCUT2D eigenvalue weighted by Crippen LogP contribution is -2.35. The third-order valence-electron chi connectivity index (χ3n) is 5.18. The summed E-state index contributed by atoms with van der Waals surface area (Å²) in [5, 5.41) is 6.60. The highest BCUT2D eigenvalue weighted by Gasteiger charge is 2.29. The van der Waals surface area contributed by atoms with E-state index in [1.165, 1.54) is 0 Å². The molecule has 0 aliphatic rings. The van der Waals surface area contributed by atoms with Crippen LogP contribution in [0, 0.1) is 0 Å². The standard InChI is InChI=1S/C20H25ClN2OSi/c1-4-25(5-2,6-3)24-15-20-18-14-16(21)12-13-19(18)22-23(20)17-10-8-7-9-11-17/h7-14H,4-6,15H2,1-3H3. The average Bonchev–Trinajstić information content (AvgIpc) is 3.02. The van der Waals surface area contributed by atoms with Crippen LogP contribution >= 0.6 is 11.6 Å². The van der Waals surface area contributed by atoms with Gasteiger partial charge in [0.15, 0.2) is 8.32 Å². The van der Waals surface area contributed by atoms with Crippen molar-refractivity contribution >= 4 is 30.8 Å². The fourth-order valence-corrected chi connectivity index (χ4v) is 6.04. The highest BCUT2D eigenvalue weighted by atomic mass is 35.5. The Balaban J connectivity index is 2.06. The predicted octanol–water partition coefficient (Wildman–Crippen LogP) is 6.20. The Bertz CT molecular complexity index is 835. The number of aromatic nitrogens is 2. The van der Waals surface area contributed by atoms with Gasteiger partial charge in [0.05, 0.1) is 23.5 Å². The lowest BCUT2D eigenvalue weighted by Gasteiger charge is -2.28. The van der Waals surface area contributed by atoms with Gasteiger partial charge in [-0.15, -0.1) is 0 Å². The van der Waals surface area contributed by atoms with Crippen molar-refractivity contribution in [2.45, 2.75) is 45.5 Å². The van der Waals surface area contributed by atoms with E-state index in [0.717, 1.165) is 45.4 Å². The van der Waals surface area contributed by atoms with Gasteiger partial charge >= 0.3 is 0 Å². The molecule has 0 atom stereocenters. The Labute approximate surface area is 155 Å². The van der Waals surface area contributed by atoms with E-state index in [0.29, 0.717) is 6.61 Å². The van der Waals surface area contributed by atoms with Crippen LogP contribution in [-0.2, 0) is 11.0 Å². The number of rotatable bonds is 7. The molecule has 3 nitrogen and oxygen atoms in total. The molecule has 1 aromatic heterocycles. The summed E-state index contributed by atoms with van der Waals surface area (Å²) in [4.78, 5) is 0. The predicted molar refractivity (Wildman–Crippen MR) is 108 cm³/mol. The van der Waals surface area contributed by atoms with E-state index in [1.807, 2.05) is 41.1 Å². The molecule has 5 heteroatoms. The lowest BCUT2D eigenvalue weighted by molar-refractivity contribution is 0.280. The SMILES string of the molecule is CC[Si](CC)(CC)OCc1c2cc(Cl)ccc2nn1-c1ccccc1. The molecule has 0 aliphatic carbocycles. The van der Waals surface area contributed by atoms with Gasteiger partial charge in [-0.3, -0.25) is 0 Å². The molecule has 132 valence electrons. The molecular formula is C20H25ClN2OSi. The number of benzene rings is 2. The molecule has 2 aromatic carbocycles. The van der Waals surface area contributed by atoms with Gasteiger partial charge in [-0.1, -0.05) is 50.6 Å². The maximum atomic E-state index is 6.57. The monoisotopic (exact) mass is 372 g/mol. The summed E-state index contributed by atoms with van der Waals surface area (Å²) in [6.07, 6.45) is 0. The lowest BCUT2D eigenvalue weighted by atomic mass is 10.2. The quantitative estimate of drug-likeness (QED) is 0.461. The van der Waals surface area contributed by atoms with Crippen LogP contribution in [0.3, 0.4) is 0 Å². The minimum atomic E-state index is -1.67. The molecule has 25 heavy (non-hydrogen) atoms. The number of hydrogen-bond acceptors (Lipinski definition) is 2. The van der Waals surface area contributed by atoms with Crippen LogP contribution in [0.4, 0.5) is 0 Å². The van der Waals surface area contributed by atoms with E-state index in [2.05, 4.69) is 32.9 Å². The summed E-state index contributed by atoms with van der Waals surface area (Å²) < 4.78 is 8.57. The van der Waals surface area contributed by atoms with Gasteiger partial charge in [-0.25, -0.2) is 4.68 Å². The van der Waals surface area contributed by atoms with Crippen molar-refractivity contribution in [3.05, 3.63) is 59.2 Å². The second-order valence-electron chi connectivity index (χ2n) is 6.39. The second-order valence-corrected chi connectivity index (χ2v) is 11.6. The van der Waals surface area contributed by atoms with Crippen molar-refractivity contribution in [2.75, 3.05) is 0 Å². The Kier molecular flexibility index (Phi) is 5.62. The molecule has 0 saturated carbocycles. The summed E-state index contributed by atoms with van der Waals surface area (Å²) >= 11 is 6.25. The first-order valence-corrected chi connectivity index (χ1v) is 11.9. The topological polar surface area (TPSA) is 27.1 Å². The van der Waals surface area contributed by atoms with Crippen molar-refractivity contribution in [1.82, 2.24) is 9.78 Å². The number of nitrogens with zero attached hydrogens (tertiary/aromatic N) is 2. The fraction of sp³-hybridized carbons (Fsp3) is 0.350. The summed E-state index contributed by atoms with van der Waals surface area (Å²) in [5.41, 5.74) is 3.07. The summed E-state index contributed by atoms with van der Waals surface area (Å²) in [6.45, 7) is 7.33. The van der Waals surface area contributed by atoms with Crippen molar-refractivity contribution < 1.29 is 4.43 Å². The minimum absolute atomic E-state index is 0.577. The van der Waals surface area contributed by atoms with Crippen LogP contribution in [0.2, 0.25) is 23.2 Å². The molecular weight excluding hydrogens is 348 g/mol. The van der Waals surface area contributed by atoms with Gasteiger partial charge in [-0.2, -0.15) is 5.10 Å². The maximum absolute atomic E-state index is 6.57. The first-order chi connectivity index (χ1) is 12.1. The highest BCUT2D eigenvalue weighted by molar-refractivity contribution is 6.73. The zero-order valence-electron chi connectivity index (χ0n) is 15.1. The molecule has 3 rings (SSSR count). The molecule has 0 saturated heterocycles. The third-order valence-corrected chi connectivity index (χ3v) is 10.0. The van der Waals surface area contributed by atoms with Gasteiger partial charge in [0.2, 0.25) is 0 Å². The van der Waals surface area contributed by atoms with Crippen LogP contribution in [0.15, 0.2) is 48.5 Å². The molecule has 3 aromatic rings. The molecule has 0 unspecified atom stereocenters. The van der Waals surface area contributed by atoms with Gasteiger partial charge in [0.25, 0.3) is 0 Å². The van der Waals surface area contributed by atoms with E-state index in [9.17, 15) is 0 Å². The minimum Gasteiger partial charge on any atom is -0.411 e. The normalized spacial score (nSPS) is 12.0. The molecule has 0 radical (unpaired) electrons. The van der Waals surface area contributed by atoms with E-state index in [4.69, 9.17) is 21.1 Å². The van der Waals surface area contributed by atoms with Crippen LogP contribution < -0.4 is 0 Å². The smallest absolute Gasteiger partial charge is 0.192 e. The van der Waals surface area contributed by atoms with Crippen LogP contribution in [0.1, 0.15) is 26.5 Å². The Hall–Kier alpha value is -1.62. The highest BCUT2D eigenvalue weighted by Crippen LogP contribution is 2.29. The molecule has 0 fully saturated rings. The Morgan fingerprint density at radius 3 is 2.32 bits per heavy atom. The van der Waals surface area contributed by atoms with Crippen LogP contribution in [0.5, 0.6) is 0 Å². The van der Waals surface area contributed by atoms with E-state index in [-0.39, 0.29) is 0 Å². The van der Waals surface area contributed by atoms with Gasteiger partial charge < -0.3 is 4.43 Å². The third kappa shape index (κ3) is 3.66. The first kappa shape index (κ1) is 18.2. The number of halogens is 1. The Morgan fingerprint density at radius 1 is 1.00 bits per heavy atom. The Morgan fingerprint density at radius 2 is 1.68 bits per heavy atom. The number of hydrogen-bond donors (Lipinski definition) is 0. The van der Waals surface area contributed by atoms with Gasteiger partial charge in [0.1, 0.15) is 0 Å². The summed E-state index contributed by atoms with van der Waals surface area (Å²) in [7, 11) is -1.67. The zero-order valence-corrected chi connectivity index (χ0v) is 16.9. The van der Waals surface area contributed by atoms with Crippen LogP contribution in [0.25, 0.3) is 16.6 Å². The summed E-state index contributed by atoms with van der Waals surface area (Å²) in [5.74, 6) is 0. The second kappa shape index (κ2) is 7.73. The van der Waals surface area contributed by atoms with Crippen molar-refractivity contribution in [2.24, 2.45) is 0 Å². The summed E-state index contributed by atoms with van der Waals surface area (Å²) in [6, 6.07) is 19.5. The molecule has 1 heterocycles. The van der Waals surface area contributed by atoms with E-state index >= 15 is 0 Å². The first-order valence-electron chi connectivity index (χ1n) is 8.99. The van der Waals surface area contributed by atoms with E-state index < -0.39 is 8.32 Å². The fourth-order valence-electron chi connectivity index (χ4n) is 3.31. The number of fused-ring (bicyclic) bond motifs is 1. The van der Waals surface area contributed by atoms with E-state index in [1.54, 1.807) is 0 Å². The largest absolute Gasteiger partial charge is 0.411 e. The zero-order chi connectivity index (χ0) is 17.9. The van der Waals surface area contributed by atoms with Crippen molar-refractivity contribution in [3.63, 3.8) is 0 Å². The number of para-hydroxylation sites is 1. The van der Waals surface area contributed by atoms with Crippen molar-refractivity contribution in [3.8, 4) is 5.69 Å². The molecule has 0 N–H and O–H groups in total.